The largest absolute Gasteiger partial charge is 0.493 e. The molecule has 0 saturated carbocycles. The molecule has 6 heteroatoms. The summed E-state index contributed by atoms with van der Waals surface area (Å²) in [6.45, 7) is 0. The van der Waals surface area contributed by atoms with Crippen LogP contribution in [-0.2, 0) is 0 Å². The van der Waals surface area contributed by atoms with Crippen molar-refractivity contribution in [2.45, 2.75) is 0 Å². The third-order valence-corrected chi connectivity index (χ3v) is 3.84. The summed E-state index contributed by atoms with van der Waals surface area (Å²) in [5.74, 6) is -0.414. The van der Waals surface area contributed by atoms with Crippen molar-refractivity contribution in [1.29, 1.82) is 0 Å². The molecule has 0 heterocycles. The van der Waals surface area contributed by atoms with Crippen LogP contribution in [0.25, 0.3) is 0 Å². The van der Waals surface area contributed by atoms with E-state index in [0.29, 0.717) is 11.5 Å². The number of carbonyl (C=O) groups excluding carboxylic acids is 1. The van der Waals surface area contributed by atoms with Gasteiger partial charge in [-0.05, 0) is 34.1 Å². The minimum absolute atomic E-state index is 0.0708. The molecule has 0 unspecified atom stereocenters. The lowest BCUT2D eigenvalue weighted by Crippen LogP contribution is -2.06. The van der Waals surface area contributed by atoms with Crippen molar-refractivity contribution >= 4 is 33.3 Å². The number of ether oxygens (including phenoxy) is 2. The first-order valence-electron chi connectivity index (χ1n) is 5.89. The van der Waals surface area contributed by atoms with E-state index in [4.69, 9.17) is 21.1 Å². The highest BCUT2D eigenvalue weighted by atomic mass is 79.9. The number of halogens is 3. The van der Waals surface area contributed by atoms with Gasteiger partial charge in [0.2, 0.25) is 0 Å². The molecule has 0 aliphatic heterocycles. The molecule has 0 N–H and O–H groups in total. The first-order chi connectivity index (χ1) is 9.99. The highest BCUT2D eigenvalue weighted by Crippen LogP contribution is 2.34. The molecule has 0 aliphatic rings. The maximum Gasteiger partial charge on any atom is 0.197 e. The molecule has 0 bridgehead atoms. The Balaban J connectivity index is 2.56. The van der Waals surface area contributed by atoms with Crippen molar-refractivity contribution in [2.24, 2.45) is 0 Å². The van der Waals surface area contributed by atoms with E-state index in [1.165, 1.54) is 38.5 Å². The van der Waals surface area contributed by atoms with E-state index in [2.05, 4.69) is 15.9 Å². The summed E-state index contributed by atoms with van der Waals surface area (Å²) < 4.78 is 24.5. The highest BCUT2D eigenvalue weighted by Gasteiger charge is 2.20. The molecular weight excluding hydrogens is 363 g/mol. The summed E-state index contributed by atoms with van der Waals surface area (Å²) in [6, 6.07) is 7.39. The topological polar surface area (TPSA) is 35.5 Å². The molecule has 0 aliphatic carbocycles. The predicted octanol–water partition coefficient (Wildman–Crippen LogP) is 4.49. The van der Waals surface area contributed by atoms with Gasteiger partial charge in [0.15, 0.2) is 17.3 Å². The van der Waals surface area contributed by atoms with E-state index >= 15 is 0 Å². The summed E-state index contributed by atoms with van der Waals surface area (Å²) in [6.07, 6.45) is 0. The Kier molecular flexibility index (Phi) is 4.85. The second-order valence-corrected chi connectivity index (χ2v) is 5.38. The van der Waals surface area contributed by atoms with Gasteiger partial charge in [0.05, 0.1) is 29.3 Å². The zero-order valence-electron chi connectivity index (χ0n) is 11.2. The molecule has 0 radical (unpaired) electrons. The molecule has 0 spiro atoms. The van der Waals surface area contributed by atoms with Crippen molar-refractivity contribution in [3.8, 4) is 11.5 Å². The molecule has 3 nitrogen and oxygen atoms in total. The van der Waals surface area contributed by atoms with Gasteiger partial charge in [0, 0.05) is 11.6 Å². The van der Waals surface area contributed by atoms with Crippen LogP contribution >= 0.6 is 27.5 Å². The van der Waals surface area contributed by atoms with Gasteiger partial charge < -0.3 is 9.47 Å². The van der Waals surface area contributed by atoms with Crippen molar-refractivity contribution < 1.29 is 18.7 Å². The van der Waals surface area contributed by atoms with Gasteiger partial charge in [-0.15, -0.1) is 0 Å². The number of benzene rings is 2. The molecule has 2 rings (SSSR count). The molecule has 0 saturated heterocycles. The maximum absolute atomic E-state index is 14.0. The fourth-order valence-electron chi connectivity index (χ4n) is 1.85. The lowest BCUT2D eigenvalue weighted by atomic mass is 10.0. The monoisotopic (exact) mass is 372 g/mol. The van der Waals surface area contributed by atoms with Crippen LogP contribution in [0.1, 0.15) is 15.9 Å². The van der Waals surface area contributed by atoms with Crippen molar-refractivity contribution in [3.05, 3.63) is 56.8 Å². The molecule has 110 valence electrons. The normalized spacial score (nSPS) is 10.3. The van der Waals surface area contributed by atoms with Crippen LogP contribution in [0.2, 0.25) is 5.02 Å². The van der Waals surface area contributed by atoms with Gasteiger partial charge in [0.1, 0.15) is 5.82 Å². The van der Waals surface area contributed by atoms with E-state index in [1.807, 2.05) is 0 Å². The molecule has 2 aromatic rings. The maximum atomic E-state index is 14.0. The number of hydrogen-bond acceptors (Lipinski definition) is 3. The van der Waals surface area contributed by atoms with Crippen LogP contribution in [-0.4, -0.2) is 20.0 Å². The Hall–Kier alpha value is -1.59. The van der Waals surface area contributed by atoms with Crippen molar-refractivity contribution in [1.82, 2.24) is 0 Å². The molecule has 2 aromatic carbocycles. The second-order valence-electron chi connectivity index (χ2n) is 4.12. The minimum atomic E-state index is -0.631. The smallest absolute Gasteiger partial charge is 0.197 e. The van der Waals surface area contributed by atoms with Gasteiger partial charge in [-0.1, -0.05) is 17.7 Å². The average Bonchev–Trinajstić information content (AvgIpc) is 2.49. The highest BCUT2D eigenvalue weighted by molar-refractivity contribution is 9.10. The molecule has 21 heavy (non-hydrogen) atoms. The first kappa shape index (κ1) is 15.8. The number of carbonyl (C=O) groups is 1. The third kappa shape index (κ3) is 3.04. The molecule has 0 aromatic heterocycles. The summed E-state index contributed by atoms with van der Waals surface area (Å²) in [7, 11) is 2.91. The summed E-state index contributed by atoms with van der Waals surface area (Å²) in [5, 5.41) is 0.164. The molecule has 0 amide bonds. The summed E-state index contributed by atoms with van der Waals surface area (Å²) >= 11 is 9.13. The number of ketones is 1. The zero-order valence-corrected chi connectivity index (χ0v) is 13.6. The van der Waals surface area contributed by atoms with Crippen LogP contribution < -0.4 is 9.47 Å². The first-order valence-corrected chi connectivity index (χ1v) is 7.07. The van der Waals surface area contributed by atoms with Crippen LogP contribution in [0, 0.1) is 5.82 Å². The van der Waals surface area contributed by atoms with Gasteiger partial charge in [0.25, 0.3) is 0 Å². The Bertz CT molecular complexity index is 704. The summed E-state index contributed by atoms with van der Waals surface area (Å²) in [5.41, 5.74) is 0.0739. The van der Waals surface area contributed by atoms with Crippen LogP contribution in [0.3, 0.4) is 0 Å². The molecule has 0 atom stereocenters. The predicted molar refractivity (Wildman–Crippen MR) is 82.1 cm³/mol. The number of rotatable bonds is 4. The Morgan fingerprint density at radius 1 is 1.14 bits per heavy atom. The molecular formula is C15H11BrClFO3. The third-order valence-electron chi connectivity index (χ3n) is 2.91. The Morgan fingerprint density at radius 3 is 2.38 bits per heavy atom. The number of methoxy groups -OCH3 is 2. The lowest BCUT2D eigenvalue weighted by Gasteiger charge is -2.11. The molecule has 0 fully saturated rings. The zero-order chi connectivity index (χ0) is 15.6. The van der Waals surface area contributed by atoms with E-state index in [-0.39, 0.29) is 20.6 Å². The lowest BCUT2D eigenvalue weighted by molar-refractivity contribution is 0.103. The van der Waals surface area contributed by atoms with Crippen molar-refractivity contribution in [2.75, 3.05) is 14.2 Å². The fraction of sp³-hybridized carbons (Fsp3) is 0.133. The van der Waals surface area contributed by atoms with Gasteiger partial charge in [-0.3, -0.25) is 4.79 Å². The summed E-state index contributed by atoms with van der Waals surface area (Å²) in [4.78, 5) is 12.5. The van der Waals surface area contributed by atoms with E-state index < -0.39 is 11.6 Å². The van der Waals surface area contributed by atoms with Crippen LogP contribution in [0.15, 0.2) is 34.8 Å². The fourth-order valence-corrected chi connectivity index (χ4v) is 2.46. The van der Waals surface area contributed by atoms with E-state index in [1.54, 1.807) is 6.07 Å². The van der Waals surface area contributed by atoms with Crippen molar-refractivity contribution in [3.63, 3.8) is 0 Å². The standard InChI is InChI=1S/C15H11BrClFO3/c1-20-12-6-9(11(17)7-13(12)21-2)15(19)8-4-3-5-10(16)14(8)18/h3-7H,1-2H3. The average molecular weight is 374 g/mol. The Labute approximate surface area is 134 Å². The van der Waals surface area contributed by atoms with Gasteiger partial charge in [-0.2, -0.15) is 0 Å². The minimum Gasteiger partial charge on any atom is -0.493 e. The van der Waals surface area contributed by atoms with E-state index in [9.17, 15) is 9.18 Å². The van der Waals surface area contributed by atoms with Crippen LogP contribution in [0.5, 0.6) is 11.5 Å². The number of hydrogen-bond donors (Lipinski definition) is 0. The van der Waals surface area contributed by atoms with E-state index in [0.717, 1.165) is 0 Å². The quantitative estimate of drug-likeness (QED) is 0.741. The van der Waals surface area contributed by atoms with Gasteiger partial charge >= 0.3 is 0 Å². The second kappa shape index (κ2) is 6.45. The van der Waals surface area contributed by atoms with Gasteiger partial charge in [-0.25, -0.2) is 4.39 Å². The van der Waals surface area contributed by atoms with Crippen LogP contribution in [0.4, 0.5) is 4.39 Å². The Morgan fingerprint density at radius 2 is 1.76 bits per heavy atom. The SMILES string of the molecule is COc1cc(Cl)c(C(=O)c2cccc(Br)c2F)cc1OC.